The van der Waals surface area contributed by atoms with E-state index in [1.807, 2.05) is 13.0 Å². The molecule has 0 aliphatic heterocycles. The first-order chi connectivity index (χ1) is 16.1. The number of fused-ring (bicyclic) bond motifs is 5. The van der Waals surface area contributed by atoms with Crippen molar-refractivity contribution in [1.29, 1.82) is 0 Å². The van der Waals surface area contributed by atoms with Gasteiger partial charge in [-0.1, -0.05) is 50.6 Å². The molecule has 0 aromatic heterocycles. The number of carbonyl (C=O) groups excluding carboxylic acids is 1. The Labute approximate surface area is 203 Å². The molecule has 0 saturated heterocycles. The van der Waals surface area contributed by atoms with Gasteiger partial charge in [0.25, 0.3) is 0 Å². The quantitative estimate of drug-likeness (QED) is 0.447. The minimum absolute atomic E-state index is 0.0807. The van der Waals surface area contributed by atoms with Crippen molar-refractivity contribution < 1.29 is 24.9 Å². The number of aliphatic hydroxyl groups excluding tert-OH is 2. The Morgan fingerprint density at radius 3 is 2.59 bits per heavy atom. The summed E-state index contributed by atoms with van der Waals surface area (Å²) in [5.74, 6) is 0.396. The first-order valence-electron chi connectivity index (χ1n) is 13.1. The maximum Gasteiger partial charge on any atom is 0.338 e. The van der Waals surface area contributed by atoms with Gasteiger partial charge in [-0.3, -0.25) is 0 Å². The van der Waals surface area contributed by atoms with Crippen molar-refractivity contribution in [3.8, 4) is 0 Å². The standard InChI is InChI=1S/C29H40O5/c1-18(17-34-26(32)19-7-5-4-6-8-19)29(33)25(31)16-24-22-10-9-20-15-21(30)11-13-27(20,2)23(22)12-14-28(24,29)3/h4-9,18,21-25,30-31,33H,10-17H2,1-3H3/t18-,21+,22-,23+,24+,25+,27+,28+,29-/m1/s1. The van der Waals surface area contributed by atoms with E-state index in [1.54, 1.807) is 24.3 Å². The van der Waals surface area contributed by atoms with Crippen LogP contribution in [-0.4, -0.2) is 45.7 Å². The largest absolute Gasteiger partial charge is 0.462 e. The molecule has 1 aromatic rings. The molecule has 1 aromatic carbocycles. The summed E-state index contributed by atoms with van der Waals surface area (Å²) >= 11 is 0. The fourth-order valence-electron chi connectivity index (χ4n) is 8.57. The minimum atomic E-state index is -1.30. The van der Waals surface area contributed by atoms with Crippen molar-refractivity contribution in [3.63, 3.8) is 0 Å². The average Bonchev–Trinajstić information content (AvgIpc) is 3.05. The Bertz CT molecular complexity index is 959. The molecule has 0 unspecified atom stereocenters. The second kappa shape index (κ2) is 8.46. The van der Waals surface area contributed by atoms with Crippen LogP contribution in [0.4, 0.5) is 0 Å². The van der Waals surface area contributed by atoms with E-state index in [9.17, 15) is 20.1 Å². The molecule has 0 spiro atoms. The van der Waals surface area contributed by atoms with Crippen LogP contribution in [0.3, 0.4) is 0 Å². The lowest BCUT2D eigenvalue weighted by Crippen LogP contribution is -2.60. The van der Waals surface area contributed by atoms with Gasteiger partial charge in [0, 0.05) is 11.3 Å². The SMILES string of the molecule is C[C@H](COC(=O)c1ccccc1)[C@@]1(O)[C@@H](O)C[C@H]2[C@@H]3CC=C4C[C@@H](O)CC[C@]4(C)[C@H]3CC[C@@]21C. The zero-order valence-corrected chi connectivity index (χ0v) is 20.7. The zero-order chi connectivity index (χ0) is 24.3. The molecule has 0 radical (unpaired) electrons. The lowest BCUT2D eigenvalue weighted by Gasteiger charge is -2.59. The van der Waals surface area contributed by atoms with Gasteiger partial charge in [0.15, 0.2) is 0 Å². The van der Waals surface area contributed by atoms with Gasteiger partial charge in [0.2, 0.25) is 0 Å². The molecule has 5 rings (SSSR count). The van der Waals surface area contributed by atoms with Crippen molar-refractivity contribution in [2.45, 2.75) is 83.5 Å². The van der Waals surface area contributed by atoms with Gasteiger partial charge < -0.3 is 20.1 Å². The molecule has 9 atom stereocenters. The van der Waals surface area contributed by atoms with E-state index < -0.39 is 23.1 Å². The molecule has 4 aliphatic carbocycles. The Morgan fingerprint density at radius 2 is 1.85 bits per heavy atom. The zero-order valence-electron chi connectivity index (χ0n) is 20.7. The first-order valence-corrected chi connectivity index (χ1v) is 13.1. The van der Waals surface area contributed by atoms with Crippen LogP contribution in [0.2, 0.25) is 0 Å². The van der Waals surface area contributed by atoms with Gasteiger partial charge >= 0.3 is 5.97 Å². The van der Waals surface area contributed by atoms with Crippen LogP contribution in [0, 0.1) is 34.5 Å². The van der Waals surface area contributed by atoms with Crippen LogP contribution in [0.5, 0.6) is 0 Å². The summed E-state index contributed by atoms with van der Waals surface area (Å²) in [6.45, 7) is 6.53. The summed E-state index contributed by atoms with van der Waals surface area (Å²) in [6, 6.07) is 8.90. The third kappa shape index (κ3) is 3.42. The minimum Gasteiger partial charge on any atom is -0.462 e. The van der Waals surface area contributed by atoms with Crippen molar-refractivity contribution in [2.75, 3.05) is 6.61 Å². The summed E-state index contributed by atoms with van der Waals surface area (Å²) in [5, 5.41) is 33.6. The average molecular weight is 469 g/mol. The summed E-state index contributed by atoms with van der Waals surface area (Å²) < 4.78 is 5.60. The van der Waals surface area contributed by atoms with Gasteiger partial charge in [-0.15, -0.1) is 0 Å². The lowest BCUT2D eigenvalue weighted by atomic mass is 9.46. The molecule has 4 aliphatic rings. The third-order valence-electron chi connectivity index (χ3n) is 10.6. The van der Waals surface area contributed by atoms with Crippen LogP contribution in [0.1, 0.15) is 76.1 Å². The molecule has 3 fully saturated rings. The number of carbonyl (C=O) groups is 1. The van der Waals surface area contributed by atoms with Crippen LogP contribution in [-0.2, 0) is 4.74 Å². The Balaban J connectivity index is 1.36. The monoisotopic (exact) mass is 468 g/mol. The molecule has 5 nitrogen and oxygen atoms in total. The number of esters is 1. The summed E-state index contributed by atoms with van der Waals surface area (Å²) in [6.07, 6.45) is 7.40. The second-order valence-electron chi connectivity index (χ2n) is 12.1. The van der Waals surface area contributed by atoms with E-state index in [0.29, 0.717) is 23.8 Å². The Morgan fingerprint density at radius 1 is 1.12 bits per heavy atom. The van der Waals surface area contributed by atoms with E-state index in [1.165, 1.54) is 5.57 Å². The highest BCUT2D eigenvalue weighted by atomic mass is 16.5. The van der Waals surface area contributed by atoms with Gasteiger partial charge in [-0.05, 0) is 80.2 Å². The fraction of sp³-hybridized carbons (Fsp3) is 0.690. The number of aliphatic hydroxyl groups is 3. The van der Waals surface area contributed by atoms with E-state index in [4.69, 9.17) is 4.74 Å². The highest BCUT2D eigenvalue weighted by Crippen LogP contribution is 2.68. The predicted octanol–water partition coefficient (Wildman–Crippen LogP) is 4.51. The van der Waals surface area contributed by atoms with Crippen molar-refractivity contribution in [3.05, 3.63) is 47.5 Å². The van der Waals surface area contributed by atoms with Crippen LogP contribution in [0.25, 0.3) is 0 Å². The highest BCUT2D eigenvalue weighted by molar-refractivity contribution is 5.89. The molecule has 0 amide bonds. The van der Waals surface area contributed by atoms with E-state index in [-0.39, 0.29) is 30.0 Å². The van der Waals surface area contributed by atoms with Crippen LogP contribution < -0.4 is 0 Å². The van der Waals surface area contributed by atoms with Gasteiger partial charge in [0.05, 0.1) is 24.4 Å². The molecule has 3 N–H and O–H groups in total. The topological polar surface area (TPSA) is 87.0 Å². The van der Waals surface area contributed by atoms with Gasteiger partial charge in [-0.25, -0.2) is 4.79 Å². The van der Waals surface area contributed by atoms with Crippen LogP contribution >= 0.6 is 0 Å². The number of benzene rings is 1. The van der Waals surface area contributed by atoms with Gasteiger partial charge in [0.1, 0.15) is 5.60 Å². The normalized spacial score (nSPS) is 44.3. The Kier molecular flexibility index (Phi) is 5.98. The maximum atomic E-state index is 12.5. The molecular weight excluding hydrogens is 428 g/mol. The number of hydrogen-bond donors (Lipinski definition) is 3. The highest BCUT2D eigenvalue weighted by Gasteiger charge is 2.68. The number of hydrogen-bond acceptors (Lipinski definition) is 5. The van der Waals surface area contributed by atoms with E-state index >= 15 is 0 Å². The molecule has 0 bridgehead atoms. The summed E-state index contributed by atoms with van der Waals surface area (Å²) in [5.41, 5.74) is 0.307. The van der Waals surface area contributed by atoms with Crippen molar-refractivity contribution in [1.82, 2.24) is 0 Å². The molecule has 186 valence electrons. The smallest absolute Gasteiger partial charge is 0.338 e. The van der Waals surface area contributed by atoms with Gasteiger partial charge in [-0.2, -0.15) is 0 Å². The number of rotatable bonds is 4. The lowest BCUT2D eigenvalue weighted by molar-refractivity contribution is -0.186. The van der Waals surface area contributed by atoms with Crippen molar-refractivity contribution in [2.24, 2.45) is 34.5 Å². The van der Waals surface area contributed by atoms with E-state index in [0.717, 1.165) is 38.5 Å². The molecule has 3 saturated carbocycles. The summed E-state index contributed by atoms with van der Waals surface area (Å²) in [4.78, 5) is 12.5. The number of allylic oxidation sites excluding steroid dienone is 1. The maximum absolute atomic E-state index is 12.5. The fourth-order valence-corrected chi connectivity index (χ4v) is 8.57. The van der Waals surface area contributed by atoms with Crippen molar-refractivity contribution >= 4 is 5.97 Å². The predicted molar refractivity (Wildman–Crippen MR) is 130 cm³/mol. The van der Waals surface area contributed by atoms with E-state index in [2.05, 4.69) is 19.9 Å². The molecule has 5 heteroatoms. The van der Waals surface area contributed by atoms with Crippen LogP contribution in [0.15, 0.2) is 42.0 Å². The number of ether oxygens (including phenoxy) is 1. The Hall–Kier alpha value is -1.69. The third-order valence-corrected chi connectivity index (χ3v) is 10.6. The second-order valence-corrected chi connectivity index (χ2v) is 12.1. The molecule has 0 heterocycles. The molecule has 34 heavy (non-hydrogen) atoms. The molecular formula is C29H40O5. The first kappa shape index (κ1) is 24.0. The summed E-state index contributed by atoms with van der Waals surface area (Å²) in [7, 11) is 0.